The highest BCUT2D eigenvalue weighted by Gasteiger charge is 2.21. The number of anilines is 1. The van der Waals surface area contributed by atoms with Crippen LogP contribution in [-0.2, 0) is 0 Å². The summed E-state index contributed by atoms with van der Waals surface area (Å²) in [6, 6.07) is 12.4. The summed E-state index contributed by atoms with van der Waals surface area (Å²) in [5.74, 6) is 0.776. The number of halogens is 1. The van der Waals surface area contributed by atoms with Crippen LogP contribution in [0.25, 0.3) is 22.8 Å². The molecule has 4 aromatic rings. The van der Waals surface area contributed by atoms with Crippen molar-refractivity contribution in [3.63, 3.8) is 0 Å². The molecule has 8 heteroatoms. The quantitative estimate of drug-likeness (QED) is 0.528. The molecule has 7 nitrogen and oxygen atoms in total. The number of aromatic nitrogens is 4. The van der Waals surface area contributed by atoms with Crippen LogP contribution in [0.15, 0.2) is 59.3 Å². The number of pyridine rings is 1. The first kappa shape index (κ1) is 18.8. The van der Waals surface area contributed by atoms with Crippen LogP contribution in [0.3, 0.4) is 0 Å². The zero-order valence-electron chi connectivity index (χ0n) is 15.7. The predicted octanol–water partition coefficient (Wildman–Crippen LogP) is 4.72. The molecule has 3 aromatic heterocycles. The van der Waals surface area contributed by atoms with Crippen molar-refractivity contribution in [2.75, 3.05) is 5.32 Å². The molecular weight excluding hydrogens is 390 g/mol. The Morgan fingerprint density at radius 3 is 2.52 bits per heavy atom. The van der Waals surface area contributed by atoms with Crippen LogP contribution < -0.4 is 5.32 Å². The smallest absolute Gasteiger partial charge is 0.294 e. The highest BCUT2D eigenvalue weighted by molar-refractivity contribution is 6.30. The van der Waals surface area contributed by atoms with Gasteiger partial charge < -0.3 is 9.73 Å². The lowest BCUT2D eigenvalue weighted by molar-refractivity contribution is 0.0996. The molecule has 3 heterocycles. The molecule has 1 amide bonds. The molecule has 0 atom stereocenters. The van der Waals surface area contributed by atoms with Crippen molar-refractivity contribution in [1.29, 1.82) is 0 Å². The second kappa shape index (κ2) is 7.81. The molecule has 0 aliphatic heterocycles. The zero-order valence-corrected chi connectivity index (χ0v) is 16.4. The summed E-state index contributed by atoms with van der Waals surface area (Å²) in [4.78, 5) is 30.2. The molecule has 1 N–H and O–H groups in total. The number of nitrogens with one attached hydrogen (secondary N) is 1. The molecule has 0 aliphatic rings. The third-order valence-electron chi connectivity index (χ3n) is 4.18. The van der Waals surface area contributed by atoms with E-state index in [1.54, 1.807) is 49.6 Å². The van der Waals surface area contributed by atoms with E-state index in [0.29, 0.717) is 33.9 Å². The minimum Gasteiger partial charge on any atom is -0.435 e. The summed E-state index contributed by atoms with van der Waals surface area (Å²) in [6.07, 6.45) is 3.24. The van der Waals surface area contributed by atoms with Crippen LogP contribution in [0, 0.1) is 13.8 Å². The van der Waals surface area contributed by atoms with Gasteiger partial charge >= 0.3 is 0 Å². The summed E-state index contributed by atoms with van der Waals surface area (Å²) >= 11 is 5.95. The molecule has 0 radical (unpaired) electrons. The molecule has 0 unspecified atom stereocenters. The van der Waals surface area contributed by atoms with Gasteiger partial charge in [-0.15, -0.1) is 0 Å². The first-order valence-electron chi connectivity index (χ1n) is 8.81. The van der Waals surface area contributed by atoms with Gasteiger partial charge in [-0.1, -0.05) is 29.8 Å². The van der Waals surface area contributed by atoms with Crippen LogP contribution in [0.5, 0.6) is 0 Å². The summed E-state index contributed by atoms with van der Waals surface area (Å²) in [5, 5.41) is 3.34. The SMILES string of the molecule is Cc1nc(-c2ccc(Cl)cc2)c(C(=O)Nc2ccnc(-c3ncccc3C)n2)o1. The first-order chi connectivity index (χ1) is 14.0. The van der Waals surface area contributed by atoms with Gasteiger partial charge in [-0.2, -0.15) is 0 Å². The first-order valence-corrected chi connectivity index (χ1v) is 9.19. The number of nitrogens with zero attached hydrogens (tertiary/aromatic N) is 4. The Balaban J connectivity index is 1.63. The number of rotatable bonds is 4. The molecule has 144 valence electrons. The Kier molecular flexibility index (Phi) is 5.05. The molecule has 0 saturated carbocycles. The van der Waals surface area contributed by atoms with Crippen molar-refractivity contribution >= 4 is 23.3 Å². The highest BCUT2D eigenvalue weighted by atomic mass is 35.5. The Labute approximate surface area is 171 Å². The topological polar surface area (TPSA) is 93.8 Å². The molecule has 0 aliphatic carbocycles. The van der Waals surface area contributed by atoms with Gasteiger partial charge in [-0.25, -0.2) is 15.0 Å². The summed E-state index contributed by atoms with van der Waals surface area (Å²) in [5.41, 5.74) is 2.75. The van der Waals surface area contributed by atoms with Crippen molar-refractivity contribution in [3.8, 4) is 22.8 Å². The Hall–Kier alpha value is -3.58. The van der Waals surface area contributed by atoms with Gasteiger partial charge in [0.05, 0.1) is 0 Å². The number of amides is 1. The normalized spacial score (nSPS) is 10.7. The number of hydrogen-bond acceptors (Lipinski definition) is 6. The monoisotopic (exact) mass is 405 g/mol. The number of carbonyl (C=O) groups excluding carboxylic acids is 1. The number of carbonyl (C=O) groups is 1. The fourth-order valence-corrected chi connectivity index (χ4v) is 2.95. The number of benzene rings is 1. The Morgan fingerprint density at radius 2 is 1.76 bits per heavy atom. The maximum absolute atomic E-state index is 12.9. The van der Waals surface area contributed by atoms with E-state index in [4.69, 9.17) is 16.0 Å². The minimum atomic E-state index is -0.460. The maximum Gasteiger partial charge on any atom is 0.294 e. The van der Waals surface area contributed by atoms with Crippen LogP contribution in [0.4, 0.5) is 5.82 Å². The van der Waals surface area contributed by atoms with Crippen LogP contribution in [-0.4, -0.2) is 25.8 Å². The van der Waals surface area contributed by atoms with Gasteiger partial charge in [-0.05, 0) is 36.8 Å². The van der Waals surface area contributed by atoms with Crippen molar-refractivity contribution in [1.82, 2.24) is 19.9 Å². The van der Waals surface area contributed by atoms with E-state index < -0.39 is 5.91 Å². The second-order valence-electron chi connectivity index (χ2n) is 6.31. The number of aryl methyl sites for hydroxylation is 2. The standard InChI is InChI=1S/C21H16ClN5O2/c1-12-4-3-10-23-17(12)20-24-11-9-16(26-20)27-21(28)19-18(25-13(2)29-19)14-5-7-15(22)8-6-14/h3-11H,1-2H3,(H,24,26,27,28). The van der Waals surface area contributed by atoms with Crippen molar-refractivity contribution in [2.24, 2.45) is 0 Å². The van der Waals surface area contributed by atoms with Crippen molar-refractivity contribution in [3.05, 3.63) is 77.1 Å². The van der Waals surface area contributed by atoms with E-state index in [9.17, 15) is 4.79 Å². The fraction of sp³-hybridized carbons (Fsp3) is 0.0952. The van der Waals surface area contributed by atoms with Gasteiger partial charge in [0, 0.05) is 29.9 Å². The lowest BCUT2D eigenvalue weighted by Crippen LogP contribution is -2.14. The number of hydrogen-bond donors (Lipinski definition) is 1. The molecule has 0 spiro atoms. The second-order valence-corrected chi connectivity index (χ2v) is 6.74. The van der Waals surface area contributed by atoms with Gasteiger partial charge in [0.2, 0.25) is 5.76 Å². The number of oxazole rings is 1. The Morgan fingerprint density at radius 1 is 0.966 bits per heavy atom. The average molecular weight is 406 g/mol. The molecule has 0 bridgehead atoms. The van der Waals surface area contributed by atoms with Gasteiger partial charge in [0.25, 0.3) is 5.91 Å². The zero-order chi connectivity index (χ0) is 20.4. The maximum atomic E-state index is 12.9. The van der Waals surface area contributed by atoms with E-state index in [2.05, 4.69) is 25.3 Å². The average Bonchev–Trinajstić information content (AvgIpc) is 3.11. The largest absolute Gasteiger partial charge is 0.435 e. The van der Waals surface area contributed by atoms with Gasteiger partial charge in [0.1, 0.15) is 17.2 Å². The molecule has 29 heavy (non-hydrogen) atoms. The van der Waals surface area contributed by atoms with Crippen molar-refractivity contribution in [2.45, 2.75) is 13.8 Å². The van der Waals surface area contributed by atoms with Crippen LogP contribution in [0.1, 0.15) is 22.0 Å². The van der Waals surface area contributed by atoms with Crippen LogP contribution in [0.2, 0.25) is 5.02 Å². The summed E-state index contributed by atoms with van der Waals surface area (Å²) < 4.78 is 5.56. The van der Waals surface area contributed by atoms with Crippen molar-refractivity contribution < 1.29 is 9.21 Å². The fourth-order valence-electron chi connectivity index (χ4n) is 2.82. The Bertz CT molecular complexity index is 1190. The highest BCUT2D eigenvalue weighted by Crippen LogP contribution is 2.26. The van der Waals surface area contributed by atoms with Gasteiger partial charge in [-0.3, -0.25) is 9.78 Å². The minimum absolute atomic E-state index is 0.0963. The lowest BCUT2D eigenvalue weighted by atomic mass is 10.1. The van der Waals surface area contributed by atoms with Gasteiger partial charge in [0.15, 0.2) is 11.7 Å². The summed E-state index contributed by atoms with van der Waals surface area (Å²) in [6.45, 7) is 3.61. The summed E-state index contributed by atoms with van der Waals surface area (Å²) in [7, 11) is 0. The van der Waals surface area contributed by atoms with Crippen LogP contribution >= 0.6 is 11.6 Å². The van der Waals surface area contributed by atoms with E-state index in [-0.39, 0.29) is 5.76 Å². The third kappa shape index (κ3) is 4.00. The third-order valence-corrected chi connectivity index (χ3v) is 4.43. The molecule has 1 aromatic carbocycles. The molecular formula is C21H16ClN5O2. The molecule has 0 fully saturated rings. The lowest BCUT2D eigenvalue weighted by Gasteiger charge is -2.07. The van der Waals surface area contributed by atoms with E-state index in [1.807, 2.05) is 19.1 Å². The van der Waals surface area contributed by atoms with E-state index in [1.165, 1.54) is 0 Å². The predicted molar refractivity (Wildman–Crippen MR) is 110 cm³/mol. The van der Waals surface area contributed by atoms with E-state index in [0.717, 1.165) is 11.1 Å². The molecule has 0 saturated heterocycles. The molecule has 4 rings (SSSR count). The van der Waals surface area contributed by atoms with E-state index >= 15 is 0 Å².